The van der Waals surface area contributed by atoms with E-state index in [1.54, 1.807) is 23.0 Å². The first kappa shape index (κ1) is 17.9. The topological polar surface area (TPSA) is 77.1 Å². The van der Waals surface area contributed by atoms with Gasteiger partial charge in [-0.15, -0.1) is 0 Å². The van der Waals surface area contributed by atoms with Crippen LogP contribution in [-0.4, -0.2) is 27.3 Å². The molecule has 1 aliphatic carbocycles. The van der Waals surface area contributed by atoms with Gasteiger partial charge in [-0.3, -0.25) is 14.2 Å². The van der Waals surface area contributed by atoms with Gasteiger partial charge in [-0.25, -0.2) is 4.98 Å². The Kier molecular flexibility index (Phi) is 5.03. The van der Waals surface area contributed by atoms with E-state index in [4.69, 9.17) is 4.42 Å². The summed E-state index contributed by atoms with van der Waals surface area (Å²) < 4.78 is 6.97. The number of hydrogen-bond donors (Lipinski definition) is 1. The highest BCUT2D eigenvalue weighted by Gasteiger charge is 2.28. The number of benzene rings is 1. The van der Waals surface area contributed by atoms with E-state index in [-0.39, 0.29) is 29.8 Å². The van der Waals surface area contributed by atoms with Crippen molar-refractivity contribution in [1.29, 1.82) is 0 Å². The molecule has 1 aromatic carbocycles. The number of para-hydroxylation sites is 1. The quantitative estimate of drug-likeness (QED) is 0.501. The molecule has 4 rings (SSSR count). The molecule has 1 amide bonds. The van der Waals surface area contributed by atoms with Gasteiger partial charge in [0, 0.05) is 6.04 Å². The lowest BCUT2D eigenvalue weighted by Crippen LogP contribution is -2.35. The fourth-order valence-electron chi connectivity index (χ4n) is 3.10. The summed E-state index contributed by atoms with van der Waals surface area (Å²) in [6.45, 7) is 2.33. The van der Waals surface area contributed by atoms with E-state index in [0.717, 1.165) is 0 Å². The first-order valence-electron chi connectivity index (χ1n) is 9.06. The molecule has 140 valence electrons. The second-order valence-corrected chi connectivity index (χ2v) is 7.81. The molecule has 2 heterocycles. The van der Waals surface area contributed by atoms with Gasteiger partial charge in [0.15, 0.2) is 5.16 Å². The minimum absolute atomic E-state index is 0.0358. The number of furan rings is 1. The smallest absolute Gasteiger partial charge is 0.262 e. The summed E-state index contributed by atoms with van der Waals surface area (Å²) in [7, 11) is 0. The number of aromatic nitrogens is 2. The van der Waals surface area contributed by atoms with Gasteiger partial charge >= 0.3 is 0 Å². The zero-order valence-corrected chi connectivity index (χ0v) is 15.9. The van der Waals surface area contributed by atoms with Crippen molar-refractivity contribution in [3.63, 3.8) is 0 Å². The lowest BCUT2D eigenvalue weighted by Gasteiger charge is -2.14. The summed E-state index contributed by atoms with van der Waals surface area (Å²) in [6.07, 6.45) is 3.95. The molecule has 1 fully saturated rings. The highest BCUT2D eigenvalue weighted by Crippen LogP contribution is 2.32. The summed E-state index contributed by atoms with van der Waals surface area (Å²) in [5.74, 6) is 1.46. The van der Waals surface area contributed by atoms with E-state index in [9.17, 15) is 9.59 Å². The third-order valence-corrected chi connectivity index (χ3v) is 5.75. The summed E-state index contributed by atoms with van der Waals surface area (Å²) in [5, 5.41) is 4.11. The Labute approximate surface area is 161 Å². The molecule has 27 heavy (non-hydrogen) atoms. The maximum absolute atomic E-state index is 13.0. The van der Waals surface area contributed by atoms with Crippen molar-refractivity contribution in [2.75, 3.05) is 5.75 Å². The molecule has 0 spiro atoms. The van der Waals surface area contributed by atoms with E-state index in [2.05, 4.69) is 10.3 Å². The van der Waals surface area contributed by atoms with Gasteiger partial charge in [0.1, 0.15) is 5.76 Å². The first-order valence-corrected chi connectivity index (χ1v) is 10.0. The molecule has 1 N–H and O–H groups in total. The predicted molar refractivity (Wildman–Crippen MR) is 105 cm³/mol. The molecule has 6 nitrogen and oxygen atoms in total. The number of thioether (sulfide) groups is 1. The fourth-order valence-corrected chi connectivity index (χ4v) is 3.91. The van der Waals surface area contributed by atoms with Gasteiger partial charge < -0.3 is 9.73 Å². The minimum atomic E-state index is -0.133. The van der Waals surface area contributed by atoms with Crippen molar-refractivity contribution >= 4 is 28.6 Å². The third-order valence-electron chi connectivity index (χ3n) is 4.77. The van der Waals surface area contributed by atoms with Crippen molar-refractivity contribution in [2.24, 2.45) is 5.92 Å². The standard InChI is InChI=1S/C20H21N3O3S/c1-13(14-8-9-14)21-18(24)12-27-20-22-17-7-3-2-6-16(17)19(25)23(20)11-15-5-4-10-26-15/h2-7,10,13-14H,8-9,11-12H2,1H3,(H,21,24). The average Bonchev–Trinajstić information content (AvgIpc) is 3.40. The molecule has 0 aliphatic heterocycles. The maximum atomic E-state index is 13.0. The summed E-state index contributed by atoms with van der Waals surface area (Å²) in [5.41, 5.74) is 0.499. The normalized spacial score (nSPS) is 15.0. The van der Waals surface area contributed by atoms with Crippen LogP contribution < -0.4 is 10.9 Å². The molecule has 1 saturated carbocycles. The summed E-state index contributed by atoms with van der Waals surface area (Å²) in [6, 6.07) is 11.1. The SMILES string of the molecule is CC(NC(=O)CSc1nc2ccccc2c(=O)n1Cc1ccco1)C1CC1. The number of hydrogen-bond acceptors (Lipinski definition) is 5. The highest BCUT2D eigenvalue weighted by molar-refractivity contribution is 7.99. The number of nitrogens with zero attached hydrogens (tertiary/aromatic N) is 2. The van der Waals surface area contributed by atoms with Gasteiger partial charge in [0.25, 0.3) is 5.56 Å². The van der Waals surface area contributed by atoms with E-state index in [1.807, 2.05) is 31.2 Å². The van der Waals surface area contributed by atoms with Gasteiger partial charge in [-0.05, 0) is 49.9 Å². The van der Waals surface area contributed by atoms with E-state index in [0.29, 0.717) is 27.7 Å². The average molecular weight is 383 g/mol. The van der Waals surface area contributed by atoms with Crippen LogP contribution >= 0.6 is 11.8 Å². The van der Waals surface area contributed by atoms with Gasteiger partial charge in [0.05, 0.1) is 29.5 Å². The number of fused-ring (bicyclic) bond motifs is 1. The van der Waals surface area contributed by atoms with Crippen LogP contribution in [0.2, 0.25) is 0 Å². The van der Waals surface area contributed by atoms with Gasteiger partial charge in [-0.1, -0.05) is 23.9 Å². The molecule has 1 aliphatic rings. The Morgan fingerprint density at radius 1 is 1.33 bits per heavy atom. The van der Waals surface area contributed by atoms with Crippen LogP contribution in [0.25, 0.3) is 10.9 Å². The Bertz CT molecular complexity index is 1010. The zero-order chi connectivity index (χ0) is 18.8. The van der Waals surface area contributed by atoms with Crippen LogP contribution in [0.3, 0.4) is 0 Å². The Hall–Kier alpha value is -2.54. The van der Waals surface area contributed by atoms with Crippen molar-refractivity contribution in [2.45, 2.75) is 37.5 Å². The lowest BCUT2D eigenvalue weighted by atomic mass is 10.2. The Morgan fingerprint density at radius 2 is 2.15 bits per heavy atom. The van der Waals surface area contributed by atoms with Crippen molar-refractivity contribution < 1.29 is 9.21 Å². The van der Waals surface area contributed by atoms with Crippen LogP contribution in [0.15, 0.2) is 57.0 Å². The summed E-state index contributed by atoms with van der Waals surface area (Å²) >= 11 is 1.28. The van der Waals surface area contributed by atoms with Crippen molar-refractivity contribution in [1.82, 2.24) is 14.9 Å². The van der Waals surface area contributed by atoms with Crippen LogP contribution in [0.4, 0.5) is 0 Å². The van der Waals surface area contributed by atoms with E-state index < -0.39 is 0 Å². The van der Waals surface area contributed by atoms with Gasteiger partial charge in [-0.2, -0.15) is 0 Å². The molecule has 0 radical (unpaired) electrons. The molecule has 0 bridgehead atoms. The number of carbonyl (C=O) groups is 1. The van der Waals surface area contributed by atoms with Gasteiger partial charge in [0.2, 0.25) is 5.91 Å². The lowest BCUT2D eigenvalue weighted by molar-refractivity contribution is -0.119. The largest absolute Gasteiger partial charge is 0.467 e. The molecule has 0 saturated heterocycles. The Balaban J connectivity index is 1.59. The maximum Gasteiger partial charge on any atom is 0.262 e. The Morgan fingerprint density at radius 3 is 2.89 bits per heavy atom. The predicted octanol–water partition coefficient (Wildman–Crippen LogP) is 3.04. The summed E-state index contributed by atoms with van der Waals surface area (Å²) in [4.78, 5) is 29.9. The molecule has 2 aromatic heterocycles. The number of carbonyl (C=O) groups excluding carboxylic acids is 1. The number of amides is 1. The van der Waals surface area contributed by atoms with Crippen LogP contribution in [-0.2, 0) is 11.3 Å². The zero-order valence-electron chi connectivity index (χ0n) is 15.1. The van der Waals surface area contributed by atoms with Crippen LogP contribution in [0, 0.1) is 5.92 Å². The van der Waals surface area contributed by atoms with Crippen LogP contribution in [0.1, 0.15) is 25.5 Å². The third kappa shape index (κ3) is 4.08. The number of rotatable bonds is 7. The minimum Gasteiger partial charge on any atom is -0.467 e. The molecule has 1 unspecified atom stereocenters. The van der Waals surface area contributed by atoms with E-state index >= 15 is 0 Å². The monoisotopic (exact) mass is 383 g/mol. The second kappa shape index (κ2) is 7.60. The molecule has 1 atom stereocenters. The molecule has 7 heteroatoms. The van der Waals surface area contributed by atoms with Crippen molar-refractivity contribution in [3.8, 4) is 0 Å². The highest BCUT2D eigenvalue weighted by atomic mass is 32.2. The number of nitrogens with one attached hydrogen (secondary N) is 1. The fraction of sp³-hybridized carbons (Fsp3) is 0.350. The van der Waals surface area contributed by atoms with Crippen molar-refractivity contribution in [3.05, 3.63) is 58.8 Å². The molecular weight excluding hydrogens is 362 g/mol. The first-order chi connectivity index (χ1) is 13.1. The van der Waals surface area contributed by atoms with E-state index in [1.165, 1.54) is 24.6 Å². The second-order valence-electron chi connectivity index (χ2n) is 6.86. The molecule has 3 aromatic rings. The molecular formula is C20H21N3O3S. The van der Waals surface area contributed by atoms with Crippen LogP contribution in [0.5, 0.6) is 0 Å².